The number of carbonyl (C=O) groups is 1. The predicted molar refractivity (Wildman–Crippen MR) is 77.3 cm³/mol. The molecule has 4 nitrogen and oxygen atoms in total. The molecule has 0 saturated carbocycles. The Kier molecular flexibility index (Phi) is 5.83. The molecule has 0 aliphatic carbocycles. The number of hydrogen-bond donors (Lipinski definition) is 2. The Morgan fingerprint density at radius 3 is 2.47 bits per heavy atom. The van der Waals surface area contributed by atoms with Gasteiger partial charge in [-0.05, 0) is 30.7 Å². The molecule has 0 saturated heterocycles. The van der Waals surface area contributed by atoms with E-state index < -0.39 is 0 Å². The first kappa shape index (κ1) is 15.5. The van der Waals surface area contributed by atoms with Gasteiger partial charge >= 0.3 is 0 Å². The molecule has 0 aliphatic rings. The minimum atomic E-state index is -0.107. The van der Waals surface area contributed by atoms with Crippen molar-refractivity contribution in [2.24, 2.45) is 5.73 Å². The van der Waals surface area contributed by atoms with Gasteiger partial charge in [0.1, 0.15) is 5.75 Å². The molecule has 0 spiro atoms. The topological polar surface area (TPSA) is 64.3 Å². The molecule has 4 heteroatoms. The van der Waals surface area contributed by atoms with Crippen molar-refractivity contribution in [3.05, 3.63) is 29.8 Å². The van der Waals surface area contributed by atoms with Crippen LogP contribution in [0.15, 0.2) is 24.3 Å². The molecule has 1 aromatic rings. The summed E-state index contributed by atoms with van der Waals surface area (Å²) < 4.78 is 5.14. The Bertz CT molecular complexity index is 399. The van der Waals surface area contributed by atoms with Gasteiger partial charge in [0.25, 0.3) is 0 Å². The number of amides is 1. The standard InChI is InChI=1S/C15H24N2O2/c1-15(2,11-17-14(18)5-4-10-16)12-6-8-13(19-3)9-7-12/h6-9H,4-5,10-11,16H2,1-3H3,(H,17,18). The fraction of sp³-hybridized carbons (Fsp3) is 0.533. The molecular weight excluding hydrogens is 240 g/mol. The summed E-state index contributed by atoms with van der Waals surface area (Å²) in [6.07, 6.45) is 1.23. The Labute approximate surface area is 115 Å². The van der Waals surface area contributed by atoms with Crippen LogP contribution in [-0.4, -0.2) is 26.1 Å². The Morgan fingerprint density at radius 1 is 1.32 bits per heavy atom. The number of hydrogen-bond acceptors (Lipinski definition) is 3. The molecule has 0 atom stereocenters. The zero-order valence-corrected chi connectivity index (χ0v) is 12.0. The largest absolute Gasteiger partial charge is 0.497 e. The number of benzene rings is 1. The number of carbonyl (C=O) groups excluding carboxylic acids is 1. The fourth-order valence-electron chi connectivity index (χ4n) is 1.81. The average Bonchev–Trinajstić information content (AvgIpc) is 2.43. The SMILES string of the molecule is COc1ccc(C(C)(C)CNC(=O)CCCN)cc1. The minimum Gasteiger partial charge on any atom is -0.497 e. The molecule has 0 aliphatic heterocycles. The molecule has 0 unspecified atom stereocenters. The lowest BCUT2D eigenvalue weighted by molar-refractivity contribution is -0.121. The second kappa shape index (κ2) is 7.14. The van der Waals surface area contributed by atoms with Gasteiger partial charge in [0.15, 0.2) is 0 Å². The second-order valence-corrected chi connectivity index (χ2v) is 5.28. The van der Waals surface area contributed by atoms with E-state index in [0.717, 1.165) is 12.2 Å². The number of methoxy groups -OCH3 is 1. The fourth-order valence-corrected chi connectivity index (χ4v) is 1.81. The van der Waals surface area contributed by atoms with E-state index in [4.69, 9.17) is 10.5 Å². The normalized spacial score (nSPS) is 11.2. The summed E-state index contributed by atoms with van der Waals surface area (Å²) in [4.78, 5) is 11.6. The van der Waals surface area contributed by atoms with Crippen LogP contribution in [0.2, 0.25) is 0 Å². The lowest BCUT2D eigenvalue weighted by atomic mass is 9.84. The maximum Gasteiger partial charge on any atom is 0.220 e. The highest BCUT2D eigenvalue weighted by molar-refractivity contribution is 5.75. The van der Waals surface area contributed by atoms with Crippen LogP contribution >= 0.6 is 0 Å². The van der Waals surface area contributed by atoms with Crippen LogP contribution < -0.4 is 15.8 Å². The van der Waals surface area contributed by atoms with E-state index in [1.807, 2.05) is 24.3 Å². The van der Waals surface area contributed by atoms with Crippen molar-refractivity contribution >= 4 is 5.91 Å². The number of nitrogens with one attached hydrogen (secondary N) is 1. The van der Waals surface area contributed by atoms with E-state index in [-0.39, 0.29) is 11.3 Å². The summed E-state index contributed by atoms with van der Waals surface area (Å²) in [7, 11) is 1.65. The van der Waals surface area contributed by atoms with Gasteiger partial charge in [-0.1, -0.05) is 26.0 Å². The van der Waals surface area contributed by atoms with Crippen molar-refractivity contribution in [1.82, 2.24) is 5.32 Å². The third-order valence-corrected chi connectivity index (χ3v) is 3.21. The number of ether oxygens (including phenoxy) is 1. The van der Waals surface area contributed by atoms with Gasteiger partial charge in [-0.15, -0.1) is 0 Å². The van der Waals surface area contributed by atoms with Crippen LogP contribution in [0.3, 0.4) is 0 Å². The molecule has 1 amide bonds. The highest BCUT2D eigenvalue weighted by Crippen LogP contribution is 2.24. The Morgan fingerprint density at radius 2 is 1.95 bits per heavy atom. The summed E-state index contributed by atoms with van der Waals surface area (Å²) in [5.41, 5.74) is 6.45. The van der Waals surface area contributed by atoms with Crippen molar-refractivity contribution < 1.29 is 9.53 Å². The number of nitrogens with two attached hydrogens (primary N) is 1. The summed E-state index contributed by atoms with van der Waals surface area (Å²) in [5, 5.41) is 2.96. The molecule has 1 aromatic carbocycles. The van der Waals surface area contributed by atoms with Gasteiger partial charge in [-0.2, -0.15) is 0 Å². The van der Waals surface area contributed by atoms with Gasteiger partial charge in [-0.3, -0.25) is 4.79 Å². The van der Waals surface area contributed by atoms with Crippen molar-refractivity contribution in [3.63, 3.8) is 0 Å². The van der Waals surface area contributed by atoms with Crippen LogP contribution in [0, 0.1) is 0 Å². The molecule has 0 heterocycles. The summed E-state index contributed by atoms with van der Waals surface area (Å²) >= 11 is 0. The van der Waals surface area contributed by atoms with Gasteiger partial charge in [0, 0.05) is 18.4 Å². The molecule has 0 fully saturated rings. The third-order valence-electron chi connectivity index (χ3n) is 3.21. The highest BCUT2D eigenvalue weighted by Gasteiger charge is 2.21. The number of rotatable bonds is 7. The van der Waals surface area contributed by atoms with Gasteiger partial charge in [0.05, 0.1) is 7.11 Å². The first-order valence-corrected chi connectivity index (χ1v) is 6.61. The molecule has 1 rings (SSSR count). The average molecular weight is 264 g/mol. The van der Waals surface area contributed by atoms with E-state index in [9.17, 15) is 4.79 Å². The van der Waals surface area contributed by atoms with Crippen molar-refractivity contribution in [2.45, 2.75) is 32.1 Å². The first-order valence-electron chi connectivity index (χ1n) is 6.61. The van der Waals surface area contributed by atoms with E-state index in [2.05, 4.69) is 19.2 Å². The molecule has 0 bridgehead atoms. The minimum absolute atomic E-state index is 0.0621. The van der Waals surface area contributed by atoms with Gasteiger partial charge < -0.3 is 15.8 Å². The Hall–Kier alpha value is -1.55. The zero-order chi connectivity index (χ0) is 14.3. The monoisotopic (exact) mass is 264 g/mol. The molecule has 106 valence electrons. The molecule has 3 N–H and O–H groups in total. The predicted octanol–water partition coefficient (Wildman–Crippen LogP) is 1.83. The zero-order valence-electron chi connectivity index (χ0n) is 12.0. The van der Waals surface area contributed by atoms with Crippen molar-refractivity contribution in [1.29, 1.82) is 0 Å². The van der Waals surface area contributed by atoms with Crippen molar-refractivity contribution in [3.8, 4) is 5.75 Å². The van der Waals surface area contributed by atoms with Crippen LogP contribution in [0.25, 0.3) is 0 Å². The molecule has 0 aromatic heterocycles. The molecule has 19 heavy (non-hydrogen) atoms. The summed E-state index contributed by atoms with van der Waals surface area (Å²) in [6.45, 7) is 5.38. The smallest absolute Gasteiger partial charge is 0.220 e. The van der Waals surface area contributed by atoms with Crippen molar-refractivity contribution in [2.75, 3.05) is 20.2 Å². The maximum atomic E-state index is 11.6. The maximum absolute atomic E-state index is 11.6. The lowest BCUT2D eigenvalue weighted by Crippen LogP contribution is -2.36. The van der Waals surface area contributed by atoms with E-state index in [1.165, 1.54) is 5.56 Å². The van der Waals surface area contributed by atoms with Gasteiger partial charge in [0.2, 0.25) is 5.91 Å². The van der Waals surface area contributed by atoms with Crippen LogP contribution in [-0.2, 0) is 10.2 Å². The van der Waals surface area contributed by atoms with E-state index in [1.54, 1.807) is 7.11 Å². The van der Waals surface area contributed by atoms with Crippen LogP contribution in [0.4, 0.5) is 0 Å². The molecular formula is C15H24N2O2. The second-order valence-electron chi connectivity index (χ2n) is 5.28. The van der Waals surface area contributed by atoms with Crippen LogP contribution in [0.1, 0.15) is 32.3 Å². The molecule has 0 radical (unpaired) electrons. The summed E-state index contributed by atoms with van der Waals surface area (Å²) in [5.74, 6) is 0.901. The highest BCUT2D eigenvalue weighted by atomic mass is 16.5. The first-order chi connectivity index (χ1) is 8.99. The lowest BCUT2D eigenvalue weighted by Gasteiger charge is -2.26. The Balaban J connectivity index is 2.56. The van der Waals surface area contributed by atoms with E-state index >= 15 is 0 Å². The van der Waals surface area contributed by atoms with Gasteiger partial charge in [-0.25, -0.2) is 0 Å². The van der Waals surface area contributed by atoms with Crippen LogP contribution in [0.5, 0.6) is 5.75 Å². The summed E-state index contributed by atoms with van der Waals surface area (Å²) in [6, 6.07) is 7.94. The quantitative estimate of drug-likeness (QED) is 0.789. The third kappa shape index (κ3) is 4.91. The van der Waals surface area contributed by atoms with E-state index in [0.29, 0.717) is 19.5 Å².